The molecule has 3 nitrogen and oxygen atoms in total. The molecule has 0 saturated carbocycles. The van der Waals surface area contributed by atoms with Gasteiger partial charge in [0.2, 0.25) is 0 Å². The van der Waals surface area contributed by atoms with Crippen LogP contribution in [0.3, 0.4) is 0 Å². The predicted octanol–water partition coefficient (Wildman–Crippen LogP) is 2.23. The summed E-state index contributed by atoms with van der Waals surface area (Å²) in [5.41, 5.74) is 2.42. The maximum Gasteiger partial charge on any atom is 0.0400 e. The van der Waals surface area contributed by atoms with E-state index in [4.69, 9.17) is 0 Å². The highest BCUT2D eigenvalue weighted by Gasteiger charge is 2.18. The highest BCUT2D eigenvalue weighted by Crippen LogP contribution is 2.17. The lowest BCUT2D eigenvalue weighted by atomic mass is 10.2. The number of nitrogens with zero attached hydrogens (tertiary/aromatic N) is 1. The molecule has 0 spiro atoms. The second-order valence-corrected chi connectivity index (χ2v) is 4.50. The lowest BCUT2D eigenvalue weighted by molar-refractivity contribution is 0.414. The van der Waals surface area contributed by atoms with Gasteiger partial charge in [-0.2, -0.15) is 0 Å². The minimum atomic E-state index is 0.606. The molecule has 16 heavy (non-hydrogen) atoms. The first-order chi connectivity index (χ1) is 7.78. The first kappa shape index (κ1) is 11.3. The Bertz CT molecular complexity index is 320. The molecule has 1 heterocycles. The van der Waals surface area contributed by atoms with Gasteiger partial charge in [0, 0.05) is 30.5 Å². The monoisotopic (exact) mass is 219 g/mol. The molecule has 0 aliphatic carbocycles. The molecule has 0 aromatic heterocycles. The zero-order chi connectivity index (χ0) is 11.4. The average Bonchev–Trinajstić information content (AvgIpc) is 2.67. The van der Waals surface area contributed by atoms with Gasteiger partial charge in [0.05, 0.1) is 0 Å². The largest absolute Gasteiger partial charge is 0.385 e. The summed E-state index contributed by atoms with van der Waals surface area (Å²) in [7, 11) is 2.18. The topological polar surface area (TPSA) is 27.3 Å². The minimum Gasteiger partial charge on any atom is -0.385 e. The highest BCUT2D eigenvalue weighted by atomic mass is 15.2. The van der Waals surface area contributed by atoms with Gasteiger partial charge < -0.3 is 15.5 Å². The standard InChI is InChI=1S/C13H21N3/c1-3-14-11-4-6-12(7-5-11)15-13-8-9-16(2)10-13/h4-7,13-15H,3,8-10H2,1-2H3. The molecule has 1 saturated heterocycles. The van der Waals surface area contributed by atoms with Crippen molar-refractivity contribution in [3.63, 3.8) is 0 Å². The van der Waals surface area contributed by atoms with Crippen LogP contribution in [0, 0.1) is 0 Å². The van der Waals surface area contributed by atoms with E-state index >= 15 is 0 Å². The van der Waals surface area contributed by atoms with Crippen LogP contribution in [0.15, 0.2) is 24.3 Å². The molecule has 1 unspecified atom stereocenters. The van der Waals surface area contributed by atoms with Crippen molar-refractivity contribution in [2.75, 3.05) is 37.3 Å². The van der Waals surface area contributed by atoms with Gasteiger partial charge in [-0.1, -0.05) is 0 Å². The van der Waals surface area contributed by atoms with Gasteiger partial charge in [0.15, 0.2) is 0 Å². The van der Waals surface area contributed by atoms with Crippen molar-refractivity contribution in [2.45, 2.75) is 19.4 Å². The van der Waals surface area contributed by atoms with E-state index in [1.54, 1.807) is 0 Å². The van der Waals surface area contributed by atoms with Crippen LogP contribution >= 0.6 is 0 Å². The van der Waals surface area contributed by atoms with Crippen LogP contribution in [0.1, 0.15) is 13.3 Å². The maximum absolute atomic E-state index is 3.57. The summed E-state index contributed by atoms with van der Waals surface area (Å²) >= 11 is 0. The Hall–Kier alpha value is -1.22. The highest BCUT2D eigenvalue weighted by molar-refractivity contribution is 5.54. The Labute approximate surface area is 97.8 Å². The number of anilines is 2. The molecular weight excluding hydrogens is 198 g/mol. The van der Waals surface area contributed by atoms with E-state index in [9.17, 15) is 0 Å². The first-order valence-electron chi connectivity index (χ1n) is 6.07. The molecule has 3 heteroatoms. The quantitative estimate of drug-likeness (QED) is 0.813. The third kappa shape index (κ3) is 2.89. The fourth-order valence-electron chi connectivity index (χ4n) is 2.18. The number of nitrogens with one attached hydrogen (secondary N) is 2. The maximum atomic E-state index is 3.57. The van der Waals surface area contributed by atoms with E-state index in [0.717, 1.165) is 13.1 Å². The average molecular weight is 219 g/mol. The number of likely N-dealkylation sites (N-methyl/N-ethyl adjacent to an activating group) is 1. The van der Waals surface area contributed by atoms with Crippen molar-refractivity contribution in [3.05, 3.63) is 24.3 Å². The van der Waals surface area contributed by atoms with Crippen LogP contribution in [0.5, 0.6) is 0 Å². The summed E-state index contributed by atoms with van der Waals surface area (Å²) in [5, 5.41) is 6.87. The molecule has 1 aromatic rings. The Morgan fingerprint density at radius 3 is 2.50 bits per heavy atom. The normalized spacial score (nSPS) is 21.0. The summed E-state index contributed by atoms with van der Waals surface area (Å²) in [4.78, 5) is 2.37. The Morgan fingerprint density at radius 1 is 1.25 bits per heavy atom. The van der Waals surface area contributed by atoms with Crippen molar-refractivity contribution >= 4 is 11.4 Å². The molecule has 2 rings (SSSR count). The van der Waals surface area contributed by atoms with E-state index in [1.807, 2.05) is 0 Å². The first-order valence-corrected chi connectivity index (χ1v) is 6.07. The van der Waals surface area contributed by atoms with Crippen molar-refractivity contribution in [2.24, 2.45) is 0 Å². The van der Waals surface area contributed by atoms with E-state index in [2.05, 4.69) is 53.8 Å². The Morgan fingerprint density at radius 2 is 1.94 bits per heavy atom. The molecular formula is C13H21N3. The molecule has 0 radical (unpaired) electrons. The van der Waals surface area contributed by atoms with E-state index in [1.165, 1.54) is 24.3 Å². The number of likely N-dealkylation sites (tertiary alicyclic amines) is 1. The van der Waals surface area contributed by atoms with Gasteiger partial charge >= 0.3 is 0 Å². The second kappa shape index (κ2) is 5.21. The summed E-state index contributed by atoms with van der Waals surface area (Å²) in [6, 6.07) is 9.16. The van der Waals surface area contributed by atoms with E-state index in [-0.39, 0.29) is 0 Å². The molecule has 1 fully saturated rings. The fourth-order valence-corrected chi connectivity index (χ4v) is 2.18. The van der Waals surface area contributed by atoms with Gasteiger partial charge in [-0.15, -0.1) is 0 Å². The molecule has 0 bridgehead atoms. The second-order valence-electron chi connectivity index (χ2n) is 4.50. The van der Waals surface area contributed by atoms with Crippen LogP contribution in [0.4, 0.5) is 11.4 Å². The third-order valence-electron chi connectivity index (χ3n) is 3.03. The zero-order valence-electron chi connectivity index (χ0n) is 10.2. The number of hydrogen-bond donors (Lipinski definition) is 2. The molecule has 0 amide bonds. The summed E-state index contributed by atoms with van der Waals surface area (Å²) in [6.07, 6.45) is 1.24. The van der Waals surface area contributed by atoms with Gasteiger partial charge in [-0.3, -0.25) is 0 Å². The zero-order valence-corrected chi connectivity index (χ0v) is 10.2. The summed E-state index contributed by atoms with van der Waals surface area (Å²) < 4.78 is 0. The van der Waals surface area contributed by atoms with Crippen molar-refractivity contribution < 1.29 is 0 Å². The number of rotatable bonds is 4. The van der Waals surface area contributed by atoms with Crippen LogP contribution in [-0.2, 0) is 0 Å². The smallest absolute Gasteiger partial charge is 0.0400 e. The van der Waals surface area contributed by atoms with Gasteiger partial charge in [0.1, 0.15) is 0 Å². The van der Waals surface area contributed by atoms with Crippen LogP contribution < -0.4 is 10.6 Å². The lowest BCUT2D eigenvalue weighted by Gasteiger charge is -2.14. The van der Waals surface area contributed by atoms with Crippen molar-refractivity contribution in [1.29, 1.82) is 0 Å². The van der Waals surface area contributed by atoms with Crippen molar-refractivity contribution in [3.8, 4) is 0 Å². The summed E-state index contributed by atoms with van der Waals surface area (Å²) in [5.74, 6) is 0. The molecule has 88 valence electrons. The van der Waals surface area contributed by atoms with Gasteiger partial charge in [-0.25, -0.2) is 0 Å². The Kier molecular flexibility index (Phi) is 3.67. The van der Waals surface area contributed by atoms with Crippen LogP contribution in [-0.4, -0.2) is 37.6 Å². The molecule has 1 aromatic carbocycles. The van der Waals surface area contributed by atoms with E-state index in [0.29, 0.717) is 6.04 Å². The summed E-state index contributed by atoms with van der Waals surface area (Å²) in [6.45, 7) is 5.43. The van der Waals surface area contributed by atoms with Crippen molar-refractivity contribution in [1.82, 2.24) is 4.90 Å². The van der Waals surface area contributed by atoms with Crippen LogP contribution in [0.2, 0.25) is 0 Å². The third-order valence-corrected chi connectivity index (χ3v) is 3.03. The molecule has 1 aliphatic heterocycles. The molecule has 2 N–H and O–H groups in total. The lowest BCUT2D eigenvalue weighted by Crippen LogP contribution is -2.23. The number of hydrogen-bond acceptors (Lipinski definition) is 3. The Balaban J connectivity index is 1.89. The number of benzene rings is 1. The van der Waals surface area contributed by atoms with Gasteiger partial charge in [0.25, 0.3) is 0 Å². The van der Waals surface area contributed by atoms with E-state index < -0.39 is 0 Å². The molecule has 1 atom stereocenters. The van der Waals surface area contributed by atoms with Gasteiger partial charge in [-0.05, 0) is 51.2 Å². The minimum absolute atomic E-state index is 0.606. The molecule has 1 aliphatic rings. The van der Waals surface area contributed by atoms with Crippen LogP contribution in [0.25, 0.3) is 0 Å². The predicted molar refractivity (Wildman–Crippen MR) is 70.1 cm³/mol. The SMILES string of the molecule is CCNc1ccc(NC2CCN(C)C2)cc1. The fraction of sp³-hybridized carbons (Fsp3) is 0.538.